The highest BCUT2D eigenvalue weighted by atomic mass is 28.3. The van der Waals surface area contributed by atoms with E-state index in [2.05, 4.69) is 59.4 Å². The monoisotopic (exact) mass is 453 g/mol. The van der Waals surface area contributed by atoms with Crippen LogP contribution in [0.15, 0.2) is 57.4 Å². The zero-order valence-corrected chi connectivity index (χ0v) is 20.7. The zero-order valence-electron chi connectivity index (χ0n) is 19.7. The molecule has 4 rings (SSSR count). The number of nitrogens with one attached hydrogen (secondary N) is 1. The van der Waals surface area contributed by atoms with E-state index in [9.17, 15) is 0 Å². The fourth-order valence-electron chi connectivity index (χ4n) is 4.55. The third kappa shape index (κ3) is 6.04. The smallest absolute Gasteiger partial charge is 0.226 e. The highest BCUT2D eigenvalue weighted by Crippen LogP contribution is 2.33. The average Bonchev–Trinajstić information content (AvgIpc) is 3.24. The van der Waals surface area contributed by atoms with Crippen LogP contribution in [0.1, 0.15) is 55.6 Å². The summed E-state index contributed by atoms with van der Waals surface area (Å²) in [4.78, 5) is 0. The summed E-state index contributed by atoms with van der Waals surface area (Å²) in [6.45, 7) is 7.93. The maximum atomic E-state index is 15.1. The third-order valence-corrected chi connectivity index (χ3v) is 8.34. The normalized spacial score (nSPS) is 20.1. The van der Waals surface area contributed by atoms with Crippen molar-refractivity contribution in [2.24, 2.45) is 10.2 Å². The topological polar surface area (TPSA) is 46.0 Å². The Hall–Kier alpha value is -2.05. The molecule has 2 aliphatic carbocycles. The van der Waals surface area contributed by atoms with Crippen molar-refractivity contribution in [3.63, 3.8) is 0 Å². The standard InChI is InChI=1S/C26H36FN3OSi/c1-32(2,3)14-13-31-26(27)23-15-22-18-29-30-24(22)16-25(23)28-17-19-9-11-21(12-10-19)20-7-5-4-6-8-20/h9-12,15,18,20,26,28H,4-8,13-14,16-17H2,1-3H3. The lowest BCUT2D eigenvalue weighted by molar-refractivity contribution is -0.00330. The van der Waals surface area contributed by atoms with Crippen LogP contribution in [0.2, 0.25) is 25.7 Å². The van der Waals surface area contributed by atoms with E-state index in [4.69, 9.17) is 4.74 Å². The minimum atomic E-state index is -1.44. The van der Waals surface area contributed by atoms with Crippen LogP contribution >= 0.6 is 0 Å². The van der Waals surface area contributed by atoms with E-state index in [1.165, 1.54) is 43.2 Å². The van der Waals surface area contributed by atoms with Gasteiger partial charge < -0.3 is 10.1 Å². The number of allylic oxidation sites excluding steroid dienone is 2. The molecule has 6 heteroatoms. The van der Waals surface area contributed by atoms with Crippen molar-refractivity contribution in [1.82, 2.24) is 5.32 Å². The number of benzene rings is 1. The Morgan fingerprint density at radius 3 is 2.59 bits per heavy atom. The van der Waals surface area contributed by atoms with Gasteiger partial charge in [0.05, 0.1) is 11.9 Å². The predicted molar refractivity (Wildman–Crippen MR) is 134 cm³/mol. The number of hydrogen-bond donors (Lipinski definition) is 1. The molecule has 1 saturated carbocycles. The van der Waals surface area contributed by atoms with Crippen molar-refractivity contribution in [1.29, 1.82) is 0 Å². The maximum Gasteiger partial charge on any atom is 0.226 e. The van der Waals surface area contributed by atoms with E-state index in [1.54, 1.807) is 6.21 Å². The molecule has 0 bridgehead atoms. The molecular formula is C26H36FN3OSi. The van der Waals surface area contributed by atoms with Gasteiger partial charge in [-0.2, -0.15) is 10.2 Å². The second kappa shape index (κ2) is 10.3. The Balaban J connectivity index is 1.42. The van der Waals surface area contributed by atoms with Gasteiger partial charge in [0.15, 0.2) is 0 Å². The fourth-order valence-corrected chi connectivity index (χ4v) is 5.28. The quantitative estimate of drug-likeness (QED) is 0.434. The third-order valence-electron chi connectivity index (χ3n) is 6.64. The Labute approximate surface area is 192 Å². The van der Waals surface area contributed by atoms with Crippen LogP contribution in [0, 0.1) is 0 Å². The summed E-state index contributed by atoms with van der Waals surface area (Å²) in [5.41, 5.74) is 5.84. The summed E-state index contributed by atoms with van der Waals surface area (Å²) >= 11 is 0. The van der Waals surface area contributed by atoms with Crippen LogP contribution in [0.5, 0.6) is 0 Å². The summed E-state index contributed by atoms with van der Waals surface area (Å²) in [5.74, 6) is 0.711. The Morgan fingerprint density at radius 2 is 1.88 bits per heavy atom. The lowest BCUT2D eigenvalue weighted by Crippen LogP contribution is -2.27. The molecule has 1 aromatic rings. The van der Waals surface area contributed by atoms with Crippen LogP contribution in [-0.4, -0.2) is 33.0 Å². The van der Waals surface area contributed by atoms with Crippen molar-refractivity contribution in [3.05, 3.63) is 58.3 Å². The van der Waals surface area contributed by atoms with E-state index in [0.717, 1.165) is 23.0 Å². The summed E-state index contributed by atoms with van der Waals surface area (Å²) < 4.78 is 20.7. The first-order valence-electron chi connectivity index (χ1n) is 12.0. The number of halogens is 1. The number of nitrogens with zero attached hydrogens (tertiary/aromatic N) is 2. The number of rotatable bonds is 9. The molecule has 0 aromatic heterocycles. The molecule has 1 aromatic carbocycles. The van der Waals surface area contributed by atoms with Crippen molar-refractivity contribution in [2.75, 3.05) is 6.61 Å². The van der Waals surface area contributed by atoms with Gasteiger partial charge in [0.1, 0.15) is 0 Å². The number of ether oxygens (including phenoxy) is 1. The minimum Gasteiger partial charge on any atom is -0.384 e. The first kappa shape index (κ1) is 23.1. The second-order valence-corrected chi connectivity index (χ2v) is 16.1. The molecule has 1 fully saturated rings. The molecule has 0 spiro atoms. The highest BCUT2D eigenvalue weighted by Gasteiger charge is 2.26. The van der Waals surface area contributed by atoms with Gasteiger partial charge in [-0.1, -0.05) is 63.2 Å². The summed E-state index contributed by atoms with van der Waals surface area (Å²) in [6.07, 6.45) is 9.34. The van der Waals surface area contributed by atoms with Crippen LogP contribution in [0.3, 0.4) is 0 Å². The molecule has 1 atom stereocenters. The molecule has 0 amide bonds. The molecule has 1 N–H and O–H groups in total. The molecule has 3 aliphatic rings. The summed E-state index contributed by atoms with van der Waals surface area (Å²) in [7, 11) is -1.27. The molecule has 1 heterocycles. The van der Waals surface area contributed by atoms with Crippen LogP contribution in [-0.2, 0) is 11.3 Å². The van der Waals surface area contributed by atoms with Crippen molar-refractivity contribution < 1.29 is 9.13 Å². The molecule has 1 aliphatic heterocycles. The predicted octanol–water partition coefficient (Wildman–Crippen LogP) is 6.50. The van der Waals surface area contributed by atoms with E-state index in [0.29, 0.717) is 31.1 Å². The van der Waals surface area contributed by atoms with Crippen LogP contribution in [0.4, 0.5) is 4.39 Å². The Morgan fingerprint density at radius 1 is 1.12 bits per heavy atom. The van der Waals surface area contributed by atoms with Gasteiger partial charge >= 0.3 is 0 Å². The van der Waals surface area contributed by atoms with Gasteiger partial charge in [0.25, 0.3) is 0 Å². The highest BCUT2D eigenvalue weighted by molar-refractivity contribution is 6.76. The largest absolute Gasteiger partial charge is 0.384 e. The van der Waals surface area contributed by atoms with Crippen molar-refractivity contribution >= 4 is 20.0 Å². The molecule has 172 valence electrons. The number of alkyl halides is 1. The lowest BCUT2D eigenvalue weighted by Gasteiger charge is -2.24. The second-order valence-electron chi connectivity index (χ2n) is 10.4. The van der Waals surface area contributed by atoms with Crippen LogP contribution < -0.4 is 5.32 Å². The number of fused-ring (bicyclic) bond motifs is 1. The van der Waals surface area contributed by atoms with Crippen molar-refractivity contribution in [3.8, 4) is 0 Å². The van der Waals surface area contributed by atoms with E-state index >= 15 is 4.39 Å². The first-order valence-corrected chi connectivity index (χ1v) is 15.7. The van der Waals surface area contributed by atoms with E-state index < -0.39 is 14.4 Å². The van der Waals surface area contributed by atoms with Gasteiger partial charge in [-0.3, -0.25) is 0 Å². The summed E-state index contributed by atoms with van der Waals surface area (Å²) in [6, 6.07) is 9.90. The van der Waals surface area contributed by atoms with Gasteiger partial charge in [0.2, 0.25) is 6.36 Å². The first-order chi connectivity index (χ1) is 15.4. The Bertz CT molecular complexity index is 921. The van der Waals surface area contributed by atoms with Gasteiger partial charge in [0, 0.05) is 44.5 Å². The Kier molecular flexibility index (Phi) is 7.41. The molecule has 4 nitrogen and oxygen atoms in total. The molecular weight excluding hydrogens is 417 g/mol. The SMILES string of the molecule is C[Si](C)(C)CCOC(F)C1=C(NCc2ccc(C3CCCCC3)cc2)CC2=NN=CC2=C1. The summed E-state index contributed by atoms with van der Waals surface area (Å²) in [5, 5.41) is 11.7. The lowest BCUT2D eigenvalue weighted by atomic mass is 9.84. The van der Waals surface area contributed by atoms with Crippen molar-refractivity contribution in [2.45, 2.75) is 83.0 Å². The molecule has 1 unspecified atom stereocenters. The van der Waals surface area contributed by atoms with E-state index in [1.807, 2.05) is 6.08 Å². The fraction of sp³-hybridized carbons (Fsp3) is 0.538. The molecule has 0 radical (unpaired) electrons. The maximum absolute atomic E-state index is 15.1. The zero-order chi connectivity index (χ0) is 22.6. The van der Waals surface area contributed by atoms with Gasteiger partial charge in [-0.15, -0.1) is 0 Å². The molecule has 0 saturated heterocycles. The minimum absolute atomic E-state index is 0.453. The molecule has 32 heavy (non-hydrogen) atoms. The average molecular weight is 454 g/mol. The van der Waals surface area contributed by atoms with Crippen LogP contribution in [0.25, 0.3) is 0 Å². The van der Waals surface area contributed by atoms with E-state index in [-0.39, 0.29) is 0 Å². The van der Waals surface area contributed by atoms with Gasteiger partial charge in [-0.05, 0) is 42.0 Å². The van der Waals surface area contributed by atoms with Gasteiger partial charge in [-0.25, -0.2) is 4.39 Å². The number of hydrogen-bond acceptors (Lipinski definition) is 4.